The quantitative estimate of drug-likeness (QED) is 0.822. The summed E-state index contributed by atoms with van der Waals surface area (Å²) in [6, 6.07) is 0.778. The van der Waals surface area contributed by atoms with Gasteiger partial charge in [0.05, 0.1) is 5.60 Å². The summed E-state index contributed by atoms with van der Waals surface area (Å²) in [5.74, 6) is 2.74. The van der Waals surface area contributed by atoms with E-state index in [-0.39, 0.29) is 5.60 Å². The summed E-state index contributed by atoms with van der Waals surface area (Å²) in [5.41, 5.74) is 0.288. The maximum absolute atomic E-state index is 6.31. The zero-order valence-corrected chi connectivity index (χ0v) is 14.2. The van der Waals surface area contributed by atoms with Crippen molar-refractivity contribution in [3.63, 3.8) is 0 Å². The SMILES string of the molecule is CCCNC1CCC(C2CCOC3(CCCCC3)C2)C1C. The van der Waals surface area contributed by atoms with Gasteiger partial charge in [-0.05, 0) is 69.2 Å². The van der Waals surface area contributed by atoms with Crippen LogP contribution >= 0.6 is 0 Å². The van der Waals surface area contributed by atoms with E-state index in [9.17, 15) is 0 Å². The molecule has 21 heavy (non-hydrogen) atoms. The van der Waals surface area contributed by atoms with E-state index in [1.807, 2.05) is 0 Å². The fourth-order valence-electron chi connectivity index (χ4n) is 5.45. The molecule has 3 rings (SSSR count). The van der Waals surface area contributed by atoms with Crippen LogP contribution in [0.1, 0.15) is 78.1 Å². The van der Waals surface area contributed by atoms with E-state index in [2.05, 4.69) is 19.2 Å². The standard InChI is InChI=1S/C19H35NO/c1-3-12-20-18-8-7-17(15(18)2)16-9-13-21-19(14-16)10-5-4-6-11-19/h15-18,20H,3-14H2,1-2H3. The minimum Gasteiger partial charge on any atom is -0.375 e. The third kappa shape index (κ3) is 3.47. The Bertz CT molecular complexity index is 318. The number of rotatable bonds is 4. The number of nitrogens with one attached hydrogen (secondary N) is 1. The molecule has 4 unspecified atom stereocenters. The van der Waals surface area contributed by atoms with Crippen molar-refractivity contribution in [2.24, 2.45) is 17.8 Å². The van der Waals surface area contributed by atoms with Crippen molar-refractivity contribution >= 4 is 0 Å². The summed E-state index contributed by atoms with van der Waals surface area (Å²) in [4.78, 5) is 0. The highest BCUT2D eigenvalue weighted by Gasteiger charge is 2.44. The Morgan fingerprint density at radius 1 is 1.10 bits per heavy atom. The summed E-state index contributed by atoms with van der Waals surface area (Å²) in [6.45, 7) is 7.00. The largest absolute Gasteiger partial charge is 0.375 e. The first-order chi connectivity index (χ1) is 10.2. The lowest BCUT2D eigenvalue weighted by atomic mass is 9.70. The molecule has 1 aliphatic heterocycles. The van der Waals surface area contributed by atoms with Gasteiger partial charge in [0.25, 0.3) is 0 Å². The molecular weight excluding hydrogens is 258 g/mol. The van der Waals surface area contributed by atoms with E-state index >= 15 is 0 Å². The fraction of sp³-hybridized carbons (Fsp3) is 1.00. The van der Waals surface area contributed by atoms with Crippen LogP contribution in [0.25, 0.3) is 0 Å². The second-order valence-electron chi connectivity index (χ2n) is 8.01. The molecule has 0 bridgehead atoms. The van der Waals surface area contributed by atoms with Gasteiger partial charge in [0.15, 0.2) is 0 Å². The molecule has 0 radical (unpaired) electrons. The van der Waals surface area contributed by atoms with Gasteiger partial charge in [0.1, 0.15) is 0 Å². The Morgan fingerprint density at radius 3 is 2.67 bits per heavy atom. The third-order valence-corrected chi connectivity index (χ3v) is 6.68. The van der Waals surface area contributed by atoms with Crippen LogP contribution in [0.3, 0.4) is 0 Å². The van der Waals surface area contributed by atoms with E-state index in [0.29, 0.717) is 0 Å². The highest BCUT2D eigenvalue weighted by atomic mass is 16.5. The molecule has 1 N–H and O–H groups in total. The summed E-state index contributed by atoms with van der Waals surface area (Å²) in [5, 5.41) is 3.79. The van der Waals surface area contributed by atoms with Gasteiger partial charge in [-0.2, -0.15) is 0 Å². The molecule has 2 heteroatoms. The Balaban J connectivity index is 1.58. The van der Waals surface area contributed by atoms with Gasteiger partial charge in [0.2, 0.25) is 0 Å². The Hall–Kier alpha value is -0.0800. The molecule has 2 saturated carbocycles. The topological polar surface area (TPSA) is 21.3 Å². The molecule has 3 fully saturated rings. The smallest absolute Gasteiger partial charge is 0.0685 e. The first-order valence-electron chi connectivity index (χ1n) is 9.61. The lowest BCUT2D eigenvalue weighted by molar-refractivity contribution is -0.127. The van der Waals surface area contributed by atoms with Crippen molar-refractivity contribution in [1.82, 2.24) is 5.32 Å². The maximum atomic E-state index is 6.31. The zero-order valence-electron chi connectivity index (χ0n) is 14.2. The summed E-state index contributed by atoms with van der Waals surface area (Å²) < 4.78 is 6.31. The predicted molar refractivity (Wildman–Crippen MR) is 88.5 cm³/mol. The van der Waals surface area contributed by atoms with Gasteiger partial charge in [-0.15, -0.1) is 0 Å². The van der Waals surface area contributed by atoms with Crippen LogP contribution in [-0.2, 0) is 4.74 Å². The highest BCUT2D eigenvalue weighted by Crippen LogP contribution is 2.47. The van der Waals surface area contributed by atoms with E-state index in [4.69, 9.17) is 4.74 Å². The maximum Gasteiger partial charge on any atom is 0.0685 e. The van der Waals surface area contributed by atoms with Crippen molar-refractivity contribution in [3.05, 3.63) is 0 Å². The highest BCUT2D eigenvalue weighted by molar-refractivity contribution is 4.96. The molecular formula is C19H35NO. The van der Waals surface area contributed by atoms with Crippen LogP contribution < -0.4 is 5.32 Å². The first kappa shape index (κ1) is 15.8. The van der Waals surface area contributed by atoms with Crippen LogP contribution in [0.15, 0.2) is 0 Å². The summed E-state index contributed by atoms with van der Waals surface area (Å²) in [7, 11) is 0. The minimum absolute atomic E-state index is 0.288. The van der Waals surface area contributed by atoms with Crippen molar-refractivity contribution < 1.29 is 4.74 Å². The normalized spacial score (nSPS) is 39.7. The van der Waals surface area contributed by atoms with Gasteiger partial charge < -0.3 is 10.1 Å². The average molecular weight is 293 g/mol. The van der Waals surface area contributed by atoms with Gasteiger partial charge in [-0.3, -0.25) is 0 Å². The number of ether oxygens (including phenoxy) is 1. The molecule has 4 atom stereocenters. The molecule has 3 aliphatic rings. The second kappa shape index (κ2) is 7.00. The number of hydrogen-bond donors (Lipinski definition) is 1. The van der Waals surface area contributed by atoms with Crippen LogP contribution in [0.2, 0.25) is 0 Å². The average Bonchev–Trinajstić information content (AvgIpc) is 2.87. The summed E-state index contributed by atoms with van der Waals surface area (Å²) in [6.07, 6.45) is 13.7. The molecule has 0 aromatic rings. The first-order valence-corrected chi connectivity index (χ1v) is 9.61. The molecule has 1 heterocycles. The van der Waals surface area contributed by atoms with Gasteiger partial charge in [-0.25, -0.2) is 0 Å². The van der Waals surface area contributed by atoms with Crippen LogP contribution in [0.4, 0.5) is 0 Å². The zero-order chi connectivity index (χ0) is 14.7. The molecule has 0 amide bonds. The van der Waals surface area contributed by atoms with Gasteiger partial charge >= 0.3 is 0 Å². The number of hydrogen-bond acceptors (Lipinski definition) is 2. The third-order valence-electron chi connectivity index (χ3n) is 6.68. The van der Waals surface area contributed by atoms with Crippen LogP contribution in [0.5, 0.6) is 0 Å². The lowest BCUT2D eigenvalue weighted by Gasteiger charge is -2.46. The molecule has 0 aromatic carbocycles. The Kier molecular flexibility index (Phi) is 5.27. The molecule has 122 valence electrons. The predicted octanol–water partition coefficient (Wildman–Crippen LogP) is 4.53. The van der Waals surface area contributed by atoms with Crippen LogP contribution in [0, 0.1) is 17.8 Å². The summed E-state index contributed by atoms with van der Waals surface area (Å²) >= 11 is 0. The Morgan fingerprint density at radius 2 is 1.90 bits per heavy atom. The molecule has 2 aliphatic carbocycles. The van der Waals surface area contributed by atoms with Crippen molar-refractivity contribution in [2.45, 2.75) is 89.7 Å². The van der Waals surface area contributed by atoms with Crippen molar-refractivity contribution in [2.75, 3.05) is 13.2 Å². The van der Waals surface area contributed by atoms with E-state index in [1.54, 1.807) is 0 Å². The minimum atomic E-state index is 0.288. The molecule has 1 saturated heterocycles. The molecule has 2 nitrogen and oxygen atoms in total. The van der Waals surface area contributed by atoms with Crippen molar-refractivity contribution in [3.8, 4) is 0 Å². The molecule has 0 aromatic heterocycles. The lowest BCUT2D eigenvalue weighted by Crippen LogP contribution is -2.44. The monoisotopic (exact) mass is 293 g/mol. The van der Waals surface area contributed by atoms with Crippen LogP contribution in [-0.4, -0.2) is 24.8 Å². The fourth-order valence-corrected chi connectivity index (χ4v) is 5.45. The van der Waals surface area contributed by atoms with Crippen molar-refractivity contribution in [1.29, 1.82) is 0 Å². The second-order valence-corrected chi connectivity index (χ2v) is 8.01. The Labute approximate surface area is 131 Å². The van der Waals surface area contributed by atoms with Gasteiger partial charge in [-0.1, -0.05) is 33.1 Å². The van der Waals surface area contributed by atoms with Gasteiger partial charge in [0, 0.05) is 12.6 Å². The van der Waals surface area contributed by atoms with E-state index in [1.165, 1.54) is 70.8 Å². The van der Waals surface area contributed by atoms with E-state index < -0.39 is 0 Å². The molecule has 1 spiro atoms. The van der Waals surface area contributed by atoms with E-state index in [0.717, 1.165) is 30.4 Å².